The summed E-state index contributed by atoms with van der Waals surface area (Å²) >= 11 is 0. The van der Waals surface area contributed by atoms with Gasteiger partial charge in [0.1, 0.15) is 17.8 Å². The molecule has 0 saturated heterocycles. The second-order valence-electron chi connectivity index (χ2n) is 11.4. The Bertz CT molecular complexity index is 938. The van der Waals surface area contributed by atoms with Crippen LogP contribution in [-0.4, -0.2) is 47.4 Å². The second kappa shape index (κ2) is 9.38. The lowest BCUT2D eigenvalue weighted by Crippen LogP contribution is -2.56. The predicted octanol–water partition coefficient (Wildman–Crippen LogP) is 4.27. The Kier molecular flexibility index (Phi) is 6.95. The van der Waals surface area contributed by atoms with E-state index in [9.17, 15) is 19.5 Å². The van der Waals surface area contributed by atoms with Gasteiger partial charge in [-0.3, -0.25) is 9.59 Å². The van der Waals surface area contributed by atoms with Crippen molar-refractivity contribution in [2.24, 2.45) is 28.6 Å². The van der Waals surface area contributed by atoms with E-state index in [4.69, 9.17) is 14.2 Å². The SMILES string of the molecule is CCOC(=O)/C=C/[C@@]1(O)[C@H](OC(C)=O)CC2C3CC=C4C[C@@H](OC(C)=O)CC[C@]4(C)C3CC[C@@]21C. The van der Waals surface area contributed by atoms with Crippen molar-refractivity contribution in [1.82, 2.24) is 0 Å². The molecule has 0 aromatic heterocycles. The molecular formula is C28H40O7. The minimum Gasteiger partial charge on any atom is -0.463 e. The van der Waals surface area contributed by atoms with Gasteiger partial charge in [-0.05, 0) is 74.7 Å². The van der Waals surface area contributed by atoms with Crippen LogP contribution in [0.4, 0.5) is 0 Å². The zero-order valence-electron chi connectivity index (χ0n) is 21.7. The van der Waals surface area contributed by atoms with Gasteiger partial charge in [0.2, 0.25) is 0 Å². The van der Waals surface area contributed by atoms with E-state index in [-0.39, 0.29) is 30.0 Å². The molecule has 3 unspecified atom stereocenters. The highest BCUT2D eigenvalue weighted by atomic mass is 16.6. The summed E-state index contributed by atoms with van der Waals surface area (Å²) in [6, 6.07) is 0. The molecule has 35 heavy (non-hydrogen) atoms. The highest BCUT2D eigenvalue weighted by Crippen LogP contribution is 2.67. The zero-order chi connectivity index (χ0) is 25.6. The summed E-state index contributed by atoms with van der Waals surface area (Å²) in [5, 5.41) is 12.0. The third kappa shape index (κ3) is 4.34. The molecular weight excluding hydrogens is 448 g/mol. The number of ether oxygens (including phenoxy) is 3. The van der Waals surface area contributed by atoms with Crippen molar-refractivity contribution < 1.29 is 33.7 Å². The normalized spacial score (nSPS) is 42.3. The molecule has 0 aromatic rings. The molecule has 0 bridgehead atoms. The molecule has 4 aliphatic carbocycles. The summed E-state index contributed by atoms with van der Waals surface area (Å²) < 4.78 is 16.3. The summed E-state index contributed by atoms with van der Waals surface area (Å²) in [4.78, 5) is 35.6. The molecule has 4 rings (SSSR count). The highest BCUT2D eigenvalue weighted by molar-refractivity contribution is 5.82. The van der Waals surface area contributed by atoms with E-state index >= 15 is 0 Å². The van der Waals surface area contributed by atoms with E-state index in [1.54, 1.807) is 6.92 Å². The molecule has 1 N–H and O–H groups in total. The number of carbonyl (C=O) groups excluding carboxylic acids is 3. The molecule has 0 spiro atoms. The Morgan fingerprint density at radius 2 is 1.80 bits per heavy atom. The highest BCUT2D eigenvalue weighted by Gasteiger charge is 2.67. The quantitative estimate of drug-likeness (QED) is 0.267. The molecule has 0 heterocycles. The first kappa shape index (κ1) is 25.9. The van der Waals surface area contributed by atoms with Gasteiger partial charge in [0, 0.05) is 31.8 Å². The number of hydrogen-bond acceptors (Lipinski definition) is 7. The Balaban J connectivity index is 1.64. The number of esters is 3. The third-order valence-electron chi connectivity index (χ3n) is 9.72. The Morgan fingerprint density at radius 1 is 1.09 bits per heavy atom. The van der Waals surface area contributed by atoms with E-state index in [1.165, 1.54) is 31.6 Å². The van der Waals surface area contributed by atoms with Gasteiger partial charge in [-0.1, -0.05) is 25.5 Å². The smallest absolute Gasteiger partial charge is 0.330 e. The molecule has 4 aliphatic rings. The monoisotopic (exact) mass is 488 g/mol. The molecule has 3 fully saturated rings. The largest absolute Gasteiger partial charge is 0.463 e. The number of rotatable bonds is 5. The summed E-state index contributed by atoms with van der Waals surface area (Å²) in [6.45, 7) is 9.27. The zero-order valence-corrected chi connectivity index (χ0v) is 21.7. The van der Waals surface area contributed by atoms with Crippen LogP contribution >= 0.6 is 0 Å². The van der Waals surface area contributed by atoms with Crippen molar-refractivity contribution in [1.29, 1.82) is 0 Å². The lowest BCUT2D eigenvalue weighted by atomic mass is 9.47. The first-order valence-corrected chi connectivity index (χ1v) is 13.1. The van der Waals surface area contributed by atoms with E-state index in [2.05, 4.69) is 19.9 Å². The molecule has 7 heteroatoms. The standard InChI is InChI=1S/C28H40O7/c1-6-33-25(31)11-14-28(32)24(35-18(3)30)16-23-21-8-7-19-15-20(34-17(2)29)9-12-26(19,4)22(21)10-13-27(23,28)5/h7,11,14,20-24,32H,6,8-10,12-13,15-16H2,1-5H3/b14-11+/t20-,21?,22?,23?,24+,26-,27-,28+/m0/s1. The van der Waals surface area contributed by atoms with Gasteiger partial charge in [0.25, 0.3) is 0 Å². The van der Waals surface area contributed by atoms with Crippen LogP contribution in [0.2, 0.25) is 0 Å². The van der Waals surface area contributed by atoms with Crippen molar-refractivity contribution >= 4 is 17.9 Å². The van der Waals surface area contributed by atoms with Crippen molar-refractivity contribution in [3.8, 4) is 0 Å². The first-order valence-electron chi connectivity index (χ1n) is 13.1. The molecule has 8 atom stereocenters. The van der Waals surface area contributed by atoms with Gasteiger partial charge < -0.3 is 19.3 Å². The minimum absolute atomic E-state index is 0.0410. The summed E-state index contributed by atoms with van der Waals surface area (Å²) in [5.74, 6) is -0.227. The fourth-order valence-electron chi connectivity index (χ4n) is 8.01. The summed E-state index contributed by atoms with van der Waals surface area (Å²) in [5.41, 5.74) is -0.543. The molecule has 194 valence electrons. The molecule has 0 aromatic carbocycles. The van der Waals surface area contributed by atoms with Crippen LogP contribution in [0.5, 0.6) is 0 Å². The topological polar surface area (TPSA) is 99.1 Å². The maximum Gasteiger partial charge on any atom is 0.330 e. The van der Waals surface area contributed by atoms with Crippen LogP contribution < -0.4 is 0 Å². The Morgan fingerprint density at radius 3 is 2.46 bits per heavy atom. The van der Waals surface area contributed by atoms with Gasteiger partial charge in [-0.15, -0.1) is 0 Å². The van der Waals surface area contributed by atoms with Gasteiger partial charge in [0.05, 0.1) is 6.61 Å². The van der Waals surface area contributed by atoms with E-state index < -0.39 is 29.1 Å². The average Bonchev–Trinajstić information content (AvgIpc) is 2.99. The molecule has 0 radical (unpaired) electrons. The third-order valence-corrected chi connectivity index (χ3v) is 9.72. The van der Waals surface area contributed by atoms with Crippen molar-refractivity contribution in [3.05, 3.63) is 23.8 Å². The van der Waals surface area contributed by atoms with Gasteiger partial charge >= 0.3 is 17.9 Å². The van der Waals surface area contributed by atoms with E-state index in [0.29, 0.717) is 18.3 Å². The predicted molar refractivity (Wildman–Crippen MR) is 129 cm³/mol. The number of aliphatic hydroxyl groups is 1. The lowest BCUT2D eigenvalue weighted by Gasteiger charge is -2.58. The maximum absolute atomic E-state index is 12.1. The number of allylic oxidation sites excluding steroid dienone is 1. The Hall–Kier alpha value is -2.15. The van der Waals surface area contributed by atoms with Crippen molar-refractivity contribution in [3.63, 3.8) is 0 Å². The Labute approximate surface area is 208 Å². The van der Waals surface area contributed by atoms with Gasteiger partial charge in [-0.2, -0.15) is 0 Å². The van der Waals surface area contributed by atoms with Gasteiger partial charge in [-0.25, -0.2) is 4.79 Å². The van der Waals surface area contributed by atoms with E-state index in [1.807, 2.05) is 0 Å². The molecule has 0 amide bonds. The van der Waals surface area contributed by atoms with Crippen LogP contribution in [0.1, 0.15) is 79.6 Å². The minimum atomic E-state index is -1.45. The van der Waals surface area contributed by atoms with Crippen LogP contribution in [0, 0.1) is 28.6 Å². The number of fused-ring (bicyclic) bond motifs is 5. The van der Waals surface area contributed by atoms with Crippen LogP contribution in [0.25, 0.3) is 0 Å². The molecule has 7 nitrogen and oxygen atoms in total. The fraction of sp³-hybridized carbons (Fsp3) is 0.750. The summed E-state index contributed by atoms with van der Waals surface area (Å²) in [6.07, 6.45) is 10.2. The van der Waals surface area contributed by atoms with Gasteiger partial charge in [0.15, 0.2) is 0 Å². The molecule has 3 saturated carbocycles. The summed E-state index contributed by atoms with van der Waals surface area (Å²) in [7, 11) is 0. The first-order chi connectivity index (χ1) is 16.4. The maximum atomic E-state index is 12.1. The van der Waals surface area contributed by atoms with Crippen LogP contribution in [-0.2, 0) is 28.6 Å². The fourth-order valence-corrected chi connectivity index (χ4v) is 8.01. The van der Waals surface area contributed by atoms with E-state index in [0.717, 1.165) is 38.5 Å². The van der Waals surface area contributed by atoms with Crippen LogP contribution in [0.15, 0.2) is 23.8 Å². The lowest BCUT2D eigenvalue weighted by molar-refractivity contribution is -0.165. The average molecular weight is 489 g/mol. The van der Waals surface area contributed by atoms with Crippen molar-refractivity contribution in [2.45, 2.75) is 97.4 Å². The number of hydrogen-bond donors (Lipinski definition) is 1. The van der Waals surface area contributed by atoms with Crippen LogP contribution in [0.3, 0.4) is 0 Å². The number of carbonyl (C=O) groups is 3. The second-order valence-corrected chi connectivity index (χ2v) is 11.4. The van der Waals surface area contributed by atoms with Crippen molar-refractivity contribution in [2.75, 3.05) is 6.61 Å². The molecule has 0 aliphatic heterocycles.